The Morgan fingerprint density at radius 3 is 2.64 bits per heavy atom. The van der Waals surface area contributed by atoms with Gasteiger partial charge in [-0.1, -0.05) is 0 Å². The van der Waals surface area contributed by atoms with Gasteiger partial charge >= 0.3 is 0 Å². The number of piperidine rings is 1. The van der Waals surface area contributed by atoms with Crippen LogP contribution >= 0.6 is 0 Å². The molecule has 0 bridgehead atoms. The number of fused-ring (bicyclic) bond motifs is 1. The Labute approximate surface area is 131 Å². The first-order chi connectivity index (χ1) is 10.5. The number of amides is 1. The predicted molar refractivity (Wildman–Crippen MR) is 79.3 cm³/mol. The molecule has 3 fully saturated rings. The van der Waals surface area contributed by atoms with Gasteiger partial charge in [0, 0.05) is 38.1 Å². The van der Waals surface area contributed by atoms with Crippen molar-refractivity contribution in [3.8, 4) is 0 Å². The molecule has 8 heteroatoms. The number of sulfonamides is 1. The van der Waals surface area contributed by atoms with Crippen molar-refractivity contribution in [1.82, 2.24) is 9.37 Å². The lowest BCUT2D eigenvalue weighted by molar-refractivity contribution is -0.209. The molecule has 22 heavy (non-hydrogen) atoms. The number of hydroxylamine groups is 2. The number of carbonyl (C=O) groups is 1. The van der Waals surface area contributed by atoms with Crippen molar-refractivity contribution in [2.24, 2.45) is 11.8 Å². The van der Waals surface area contributed by atoms with E-state index in [2.05, 4.69) is 0 Å². The van der Waals surface area contributed by atoms with E-state index in [9.17, 15) is 13.2 Å². The van der Waals surface area contributed by atoms with Crippen molar-refractivity contribution >= 4 is 15.9 Å². The Morgan fingerprint density at radius 1 is 1.14 bits per heavy atom. The molecule has 0 N–H and O–H groups in total. The lowest BCUT2D eigenvalue weighted by atomic mass is 9.79. The zero-order valence-corrected chi connectivity index (χ0v) is 13.8. The molecule has 126 valence electrons. The molecule has 3 atom stereocenters. The molecule has 3 aliphatic rings. The Hall–Kier alpha value is -0.700. The van der Waals surface area contributed by atoms with Gasteiger partial charge in [0.1, 0.15) is 0 Å². The van der Waals surface area contributed by atoms with Gasteiger partial charge in [-0.05, 0) is 25.7 Å². The zero-order chi connectivity index (χ0) is 15.7. The van der Waals surface area contributed by atoms with Gasteiger partial charge in [0.2, 0.25) is 15.9 Å². The van der Waals surface area contributed by atoms with Crippen molar-refractivity contribution in [1.29, 1.82) is 0 Å². The van der Waals surface area contributed by atoms with Gasteiger partial charge in [-0.3, -0.25) is 9.63 Å². The summed E-state index contributed by atoms with van der Waals surface area (Å²) in [6.07, 6.45) is 4.43. The fourth-order valence-corrected chi connectivity index (χ4v) is 4.53. The van der Waals surface area contributed by atoms with Crippen LogP contribution < -0.4 is 0 Å². The Bertz CT molecular complexity index is 517. The molecular weight excluding hydrogens is 308 g/mol. The minimum atomic E-state index is -3.23. The van der Waals surface area contributed by atoms with Crippen molar-refractivity contribution in [3.05, 3.63) is 0 Å². The summed E-state index contributed by atoms with van der Waals surface area (Å²) in [4.78, 5) is 18.2. The smallest absolute Gasteiger partial charge is 0.249 e. The number of hydrogen-bond donors (Lipinski definition) is 0. The highest BCUT2D eigenvalue weighted by molar-refractivity contribution is 7.88. The maximum atomic E-state index is 12.7. The second-order valence-electron chi connectivity index (χ2n) is 6.36. The van der Waals surface area contributed by atoms with Gasteiger partial charge < -0.3 is 4.74 Å². The normalized spacial score (nSPS) is 34.2. The van der Waals surface area contributed by atoms with Crippen LogP contribution in [0.15, 0.2) is 0 Å². The van der Waals surface area contributed by atoms with Gasteiger partial charge in [-0.15, -0.1) is 0 Å². The van der Waals surface area contributed by atoms with E-state index in [1.54, 1.807) is 0 Å². The molecule has 3 rings (SSSR count). The van der Waals surface area contributed by atoms with Gasteiger partial charge in [-0.2, -0.15) is 0 Å². The van der Waals surface area contributed by atoms with Gasteiger partial charge in [-0.25, -0.2) is 17.8 Å². The van der Waals surface area contributed by atoms with Gasteiger partial charge in [0.15, 0.2) is 0 Å². The maximum Gasteiger partial charge on any atom is 0.249 e. The summed E-state index contributed by atoms with van der Waals surface area (Å²) < 4.78 is 30.9. The first kappa shape index (κ1) is 16.2. The maximum absolute atomic E-state index is 12.7. The monoisotopic (exact) mass is 332 g/mol. The molecule has 0 aromatic heterocycles. The third kappa shape index (κ3) is 3.29. The van der Waals surface area contributed by atoms with E-state index in [1.165, 1.54) is 15.6 Å². The van der Waals surface area contributed by atoms with Crippen LogP contribution in [-0.4, -0.2) is 68.9 Å². The third-order valence-corrected chi connectivity index (χ3v) is 6.14. The largest absolute Gasteiger partial charge is 0.378 e. The number of nitrogens with zero attached hydrogens (tertiary/aromatic N) is 2. The molecule has 7 nitrogen and oxygen atoms in total. The SMILES string of the molecule is CS(=O)(=O)N1CC[C@@H]2OCC[C@H](C(=O)N3CCCCO3)[C@@H]2C1. The van der Waals surface area contributed by atoms with Crippen LogP contribution in [0.2, 0.25) is 0 Å². The molecule has 3 heterocycles. The lowest BCUT2D eigenvalue weighted by Gasteiger charge is -2.44. The van der Waals surface area contributed by atoms with Gasteiger partial charge in [0.25, 0.3) is 0 Å². The minimum Gasteiger partial charge on any atom is -0.378 e. The average molecular weight is 332 g/mol. The van der Waals surface area contributed by atoms with Crippen molar-refractivity contribution < 1.29 is 22.8 Å². The van der Waals surface area contributed by atoms with E-state index in [0.717, 1.165) is 12.8 Å². The number of carbonyl (C=O) groups excluding carboxylic acids is 1. The molecule has 0 saturated carbocycles. The highest BCUT2D eigenvalue weighted by atomic mass is 32.2. The van der Waals surface area contributed by atoms with E-state index in [-0.39, 0.29) is 23.8 Å². The minimum absolute atomic E-state index is 0.00616. The summed E-state index contributed by atoms with van der Waals surface area (Å²) in [6.45, 7) is 2.61. The summed E-state index contributed by atoms with van der Waals surface area (Å²) in [7, 11) is -3.23. The summed E-state index contributed by atoms with van der Waals surface area (Å²) in [5, 5.41) is 1.48. The second-order valence-corrected chi connectivity index (χ2v) is 8.34. The zero-order valence-electron chi connectivity index (χ0n) is 12.9. The molecule has 0 aromatic carbocycles. The number of hydrogen-bond acceptors (Lipinski definition) is 5. The molecule has 0 aliphatic carbocycles. The Kier molecular flexibility index (Phi) is 4.72. The van der Waals surface area contributed by atoms with Crippen LogP contribution in [0, 0.1) is 11.8 Å². The van der Waals surface area contributed by atoms with Crippen molar-refractivity contribution in [2.45, 2.75) is 31.8 Å². The number of ether oxygens (including phenoxy) is 1. The quantitative estimate of drug-likeness (QED) is 0.723. The highest BCUT2D eigenvalue weighted by Crippen LogP contribution is 2.35. The van der Waals surface area contributed by atoms with Crippen molar-refractivity contribution in [2.75, 3.05) is 39.1 Å². The van der Waals surface area contributed by atoms with E-state index < -0.39 is 10.0 Å². The molecule has 1 amide bonds. The second kappa shape index (κ2) is 6.43. The molecular formula is C14H24N2O5S. The first-order valence-electron chi connectivity index (χ1n) is 7.98. The Morgan fingerprint density at radius 2 is 1.95 bits per heavy atom. The standard InChI is InChI=1S/C14H24N2O5S/c1-22(18,19)15-7-4-13-12(10-15)11(5-9-20-13)14(17)16-6-2-3-8-21-16/h11-13H,2-10H2,1H3/t11-,12-,13-/m0/s1. The fraction of sp³-hybridized carbons (Fsp3) is 0.929. The topological polar surface area (TPSA) is 76.2 Å². The first-order valence-corrected chi connectivity index (χ1v) is 9.82. The summed E-state index contributed by atoms with van der Waals surface area (Å²) in [6, 6.07) is 0. The molecule has 0 unspecified atom stereocenters. The van der Waals surface area contributed by atoms with E-state index in [1.807, 2.05) is 0 Å². The third-order valence-electron chi connectivity index (χ3n) is 4.87. The Balaban J connectivity index is 1.73. The van der Waals surface area contributed by atoms with E-state index in [4.69, 9.17) is 9.57 Å². The van der Waals surface area contributed by atoms with Crippen LogP contribution in [0.1, 0.15) is 25.7 Å². The molecule has 3 saturated heterocycles. The fourth-order valence-electron chi connectivity index (χ4n) is 3.65. The van der Waals surface area contributed by atoms with Crippen LogP contribution in [0.25, 0.3) is 0 Å². The van der Waals surface area contributed by atoms with Crippen LogP contribution in [0.4, 0.5) is 0 Å². The van der Waals surface area contributed by atoms with E-state index >= 15 is 0 Å². The summed E-state index contributed by atoms with van der Waals surface area (Å²) >= 11 is 0. The predicted octanol–water partition coefficient (Wildman–Crippen LogP) is 0.227. The molecule has 3 aliphatic heterocycles. The molecule has 0 spiro atoms. The number of rotatable bonds is 2. The lowest BCUT2D eigenvalue weighted by Crippen LogP contribution is -2.55. The molecule has 0 radical (unpaired) electrons. The van der Waals surface area contributed by atoms with Gasteiger partial charge in [0.05, 0.1) is 19.0 Å². The average Bonchev–Trinajstić information content (AvgIpc) is 2.53. The highest BCUT2D eigenvalue weighted by Gasteiger charge is 2.44. The molecule has 0 aromatic rings. The summed E-state index contributed by atoms with van der Waals surface area (Å²) in [5.74, 6) is -0.287. The summed E-state index contributed by atoms with van der Waals surface area (Å²) in [5.41, 5.74) is 0. The van der Waals surface area contributed by atoms with Crippen LogP contribution in [0.5, 0.6) is 0 Å². The van der Waals surface area contributed by atoms with Crippen LogP contribution in [-0.2, 0) is 24.4 Å². The van der Waals surface area contributed by atoms with Crippen molar-refractivity contribution in [3.63, 3.8) is 0 Å². The van der Waals surface area contributed by atoms with E-state index in [0.29, 0.717) is 45.7 Å². The van der Waals surface area contributed by atoms with Crippen LogP contribution in [0.3, 0.4) is 0 Å².